The molecule has 2 rings (SSSR count). The molecule has 2 N–H and O–H groups in total. The van der Waals surface area contributed by atoms with Crippen LogP contribution in [0.2, 0.25) is 0 Å². The van der Waals surface area contributed by atoms with Crippen molar-refractivity contribution in [3.8, 4) is 0 Å². The first-order valence-electron chi connectivity index (χ1n) is 6.25. The van der Waals surface area contributed by atoms with Crippen molar-refractivity contribution in [1.29, 1.82) is 0 Å². The van der Waals surface area contributed by atoms with Crippen LogP contribution in [0, 0.1) is 5.41 Å². The van der Waals surface area contributed by atoms with Crippen molar-refractivity contribution < 1.29 is 4.79 Å². The van der Waals surface area contributed by atoms with E-state index in [1.807, 2.05) is 16.7 Å². The van der Waals surface area contributed by atoms with Crippen LogP contribution in [-0.4, -0.2) is 41.4 Å². The topological polar surface area (TPSA) is 46.3 Å². The molecule has 1 aliphatic heterocycles. The molecule has 92 valence electrons. The van der Waals surface area contributed by atoms with Gasteiger partial charge in [-0.25, -0.2) is 0 Å². The monoisotopic (exact) mass is 242 g/mol. The molecule has 1 atom stereocenters. The van der Waals surface area contributed by atoms with Crippen molar-refractivity contribution in [2.45, 2.75) is 37.9 Å². The Balaban J connectivity index is 1.87. The molecule has 2 aliphatic rings. The molecule has 4 heteroatoms. The van der Waals surface area contributed by atoms with E-state index < -0.39 is 0 Å². The Kier molecular flexibility index (Phi) is 3.80. The van der Waals surface area contributed by atoms with Crippen LogP contribution in [0.5, 0.6) is 0 Å². The summed E-state index contributed by atoms with van der Waals surface area (Å²) in [5.41, 5.74) is 5.96. The lowest BCUT2D eigenvalue weighted by atomic mass is 9.66. The summed E-state index contributed by atoms with van der Waals surface area (Å²) < 4.78 is 0. The minimum Gasteiger partial charge on any atom is -0.341 e. The van der Waals surface area contributed by atoms with Crippen molar-refractivity contribution in [3.63, 3.8) is 0 Å². The zero-order valence-electron chi connectivity index (χ0n) is 10.1. The predicted octanol–water partition coefficient (Wildman–Crippen LogP) is 1.47. The third-order valence-electron chi connectivity index (χ3n) is 3.97. The van der Waals surface area contributed by atoms with Crippen molar-refractivity contribution in [2.24, 2.45) is 11.1 Å². The summed E-state index contributed by atoms with van der Waals surface area (Å²) in [4.78, 5) is 14.2. The number of carbonyl (C=O) groups excluding carboxylic acids is 1. The van der Waals surface area contributed by atoms with E-state index in [1.54, 1.807) is 0 Å². The number of hydrogen-bond donors (Lipinski definition) is 1. The van der Waals surface area contributed by atoms with E-state index in [0.29, 0.717) is 24.1 Å². The third kappa shape index (κ3) is 2.54. The SMILES string of the molecule is CC1CN(C(=O)CC2(CN)CCC2)CCS1. The molecule has 2 fully saturated rings. The Labute approximate surface area is 102 Å². The first kappa shape index (κ1) is 12.2. The van der Waals surface area contributed by atoms with Crippen LogP contribution in [0.1, 0.15) is 32.6 Å². The van der Waals surface area contributed by atoms with Gasteiger partial charge in [-0.05, 0) is 24.8 Å². The van der Waals surface area contributed by atoms with Crippen LogP contribution in [0.3, 0.4) is 0 Å². The number of thioether (sulfide) groups is 1. The van der Waals surface area contributed by atoms with Gasteiger partial charge in [0.05, 0.1) is 0 Å². The average Bonchev–Trinajstić information content (AvgIpc) is 2.23. The van der Waals surface area contributed by atoms with Gasteiger partial charge in [-0.1, -0.05) is 13.3 Å². The fourth-order valence-corrected chi connectivity index (χ4v) is 3.62. The lowest BCUT2D eigenvalue weighted by Crippen LogP contribution is -2.46. The van der Waals surface area contributed by atoms with E-state index in [4.69, 9.17) is 5.73 Å². The zero-order chi connectivity index (χ0) is 11.6. The molecular weight excluding hydrogens is 220 g/mol. The van der Waals surface area contributed by atoms with Gasteiger partial charge in [0.2, 0.25) is 5.91 Å². The molecule has 3 nitrogen and oxygen atoms in total. The maximum atomic E-state index is 12.2. The van der Waals surface area contributed by atoms with E-state index in [2.05, 4.69) is 6.92 Å². The summed E-state index contributed by atoms with van der Waals surface area (Å²) in [5.74, 6) is 1.42. The molecule has 16 heavy (non-hydrogen) atoms. The van der Waals surface area contributed by atoms with Crippen molar-refractivity contribution in [2.75, 3.05) is 25.4 Å². The molecule has 1 saturated heterocycles. The second-order valence-electron chi connectivity index (χ2n) is 5.26. The molecule has 0 spiro atoms. The van der Waals surface area contributed by atoms with Crippen LogP contribution in [-0.2, 0) is 4.79 Å². The number of nitrogens with zero attached hydrogens (tertiary/aromatic N) is 1. The highest BCUT2D eigenvalue weighted by Gasteiger charge is 2.39. The van der Waals surface area contributed by atoms with Crippen molar-refractivity contribution in [3.05, 3.63) is 0 Å². The Hall–Kier alpha value is -0.220. The Bertz CT molecular complexity index is 260. The molecule has 0 aromatic rings. The lowest BCUT2D eigenvalue weighted by Gasteiger charge is -2.42. The lowest BCUT2D eigenvalue weighted by molar-refractivity contribution is -0.135. The largest absolute Gasteiger partial charge is 0.341 e. The number of hydrogen-bond acceptors (Lipinski definition) is 3. The number of rotatable bonds is 3. The minimum atomic E-state index is 0.158. The van der Waals surface area contributed by atoms with Crippen LogP contribution < -0.4 is 5.73 Å². The Morgan fingerprint density at radius 1 is 1.56 bits per heavy atom. The maximum absolute atomic E-state index is 12.2. The molecule has 1 aliphatic carbocycles. The van der Waals surface area contributed by atoms with Crippen LogP contribution in [0.25, 0.3) is 0 Å². The molecule has 0 aromatic carbocycles. The highest BCUT2D eigenvalue weighted by Crippen LogP contribution is 2.43. The van der Waals surface area contributed by atoms with Crippen LogP contribution in [0.4, 0.5) is 0 Å². The molecule has 1 saturated carbocycles. The van der Waals surface area contributed by atoms with Crippen molar-refractivity contribution in [1.82, 2.24) is 4.90 Å². The molecule has 0 aromatic heterocycles. The van der Waals surface area contributed by atoms with Crippen LogP contribution >= 0.6 is 11.8 Å². The minimum absolute atomic E-state index is 0.158. The maximum Gasteiger partial charge on any atom is 0.223 e. The van der Waals surface area contributed by atoms with E-state index in [1.165, 1.54) is 6.42 Å². The number of carbonyl (C=O) groups is 1. The summed E-state index contributed by atoms with van der Waals surface area (Å²) in [6.07, 6.45) is 4.22. The van der Waals surface area contributed by atoms with Gasteiger partial charge in [0, 0.05) is 30.5 Å². The fourth-order valence-electron chi connectivity index (χ4n) is 2.61. The summed E-state index contributed by atoms with van der Waals surface area (Å²) >= 11 is 1.96. The molecule has 0 radical (unpaired) electrons. The quantitative estimate of drug-likeness (QED) is 0.815. The smallest absolute Gasteiger partial charge is 0.223 e. The first-order chi connectivity index (χ1) is 7.65. The summed E-state index contributed by atoms with van der Waals surface area (Å²) in [7, 11) is 0. The predicted molar refractivity (Wildman–Crippen MR) is 68.5 cm³/mol. The standard InChI is InChI=1S/C12H22N2OS/c1-10-8-14(5-6-16-10)11(15)7-12(9-13)3-2-4-12/h10H,2-9,13H2,1H3. The van der Waals surface area contributed by atoms with E-state index >= 15 is 0 Å². The fraction of sp³-hybridized carbons (Fsp3) is 0.917. The zero-order valence-corrected chi connectivity index (χ0v) is 10.9. The van der Waals surface area contributed by atoms with Gasteiger partial charge in [0.1, 0.15) is 0 Å². The molecule has 1 unspecified atom stereocenters. The number of nitrogens with two attached hydrogens (primary N) is 1. The highest BCUT2D eigenvalue weighted by molar-refractivity contribution is 7.99. The van der Waals surface area contributed by atoms with Crippen LogP contribution in [0.15, 0.2) is 0 Å². The first-order valence-corrected chi connectivity index (χ1v) is 7.29. The number of amides is 1. The van der Waals surface area contributed by atoms with Gasteiger partial charge in [-0.2, -0.15) is 11.8 Å². The Morgan fingerprint density at radius 3 is 2.81 bits per heavy atom. The summed E-state index contributed by atoms with van der Waals surface area (Å²) in [6.45, 7) is 4.72. The van der Waals surface area contributed by atoms with Gasteiger partial charge in [-0.15, -0.1) is 0 Å². The van der Waals surface area contributed by atoms with Gasteiger partial charge in [0.25, 0.3) is 0 Å². The normalized spacial score (nSPS) is 28.6. The summed E-state index contributed by atoms with van der Waals surface area (Å²) in [6, 6.07) is 0. The van der Waals surface area contributed by atoms with E-state index in [9.17, 15) is 4.79 Å². The second kappa shape index (κ2) is 4.96. The second-order valence-corrected chi connectivity index (χ2v) is 6.80. The Morgan fingerprint density at radius 2 is 2.31 bits per heavy atom. The highest BCUT2D eigenvalue weighted by atomic mass is 32.2. The van der Waals surface area contributed by atoms with Gasteiger partial charge in [-0.3, -0.25) is 4.79 Å². The van der Waals surface area contributed by atoms with Gasteiger partial charge in [0.15, 0.2) is 0 Å². The molecular formula is C12H22N2OS. The van der Waals surface area contributed by atoms with Crippen molar-refractivity contribution >= 4 is 17.7 Å². The van der Waals surface area contributed by atoms with E-state index in [0.717, 1.165) is 31.7 Å². The summed E-state index contributed by atoms with van der Waals surface area (Å²) in [5, 5.41) is 0.591. The van der Waals surface area contributed by atoms with E-state index in [-0.39, 0.29) is 5.41 Å². The molecule has 1 heterocycles. The van der Waals surface area contributed by atoms with Gasteiger partial charge < -0.3 is 10.6 Å². The molecule has 1 amide bonds. The van der Waals surface area contributed by atoms with Gasteiger partial charge >= 0.3 is 0 Å². The average molecular weight is 242 g/mol. The third-order valence-corrected chi connectivity index (χ3v) is 5.10. The molecule has 0 bridgehead atoms.